The fourth-order valence-electron chi connectivity index (χ4n) is 1.57. The Morgan fingerprint density at radius 2 is 1.83 bits per heavy atom. The minimum Gasteiger partial charge on any atom is -0.484 e. The zero-order chi connectivity index (χ0) is 17.5. The minimum atomic E-state index is -4.40. The molecule has 0 spiro atoms. The number of carbonyl (C=O) groups is 2. The highest BCUT2D eigenvalue weighted by molar-refractivity contribution is 5.80. The van der Waals surface area contributed by atoms with E-state index in [2.05, 4.69) is 20.1 Å². The van der Waals surface area contributed by atoms with Gasteiger partial charge < -0.3 is 20.1 Å². The molecule has 0 aliphatic heterocycles. The van der Waals surface area contributed by atoms with E-state index in [1.54, 1.807) is 6.92 Å². The highest BCUT2D eigenvalue weighted by atomic mass is 19.4. The fraction of sp³-hybridized carbons (Fsp3) is 0.429. The highest BCUT2D eigenvalue weighted by Gasteiger charge is 2.28. The van der Waals surface area contributed by atoms with E-state index >= 15 is 0 Å². The molecule has 9 heteroatoms. The van der Waals surface area contributed by atoms with E-state index in [0.717, 1.165) is 0 Å². The normalized spacial score (nSPS) is 12.2. The molecule has 0 unspecified atom stereocenters. The molecule has 0 aliphatic rings. The molecule has 1 aromatic rings. The third-order valence-corrected chi connectivity index (χ3v) is 2.75. The zero-order valence-corrected chi connectivity index (χ0v) is 12.6. The Balaban J connectivity index is 2.49. The van der Waals surface area contributed by atoms with Crippen LogP contribution in [0.25, 0.3) is 0 Å². The van der Waals surface area contributed by atoms with Crippen molar-refractivity contribution >= 4 is 12.0 Å². The monoisotopic (exact) mass is 334 g/mol. The number of benzene rings is 1. The number of methoxy groups -OCH3 is 1. The Kier molecular flexibility index (Phi) is 6.67. The summed E-state index contributed by atoms with van der Waals surface area (Å²) in [6, 6.07) is 4.86. The van der Waals surface area contributed by atoms with E-state index in [1.807, 2.05) is 0 Å². The van der Waals surface area contributed by atoms with E-state index in [9.17, 15) is 22.8 Å². The van der Waals surface area contributed by atoms with Gasteiger partial charge in [-0.2, -0.15) is 13.2 Å². The molecule has 0 bridgehead atoms. The van der Waals surface area contributed by atoms with E-state index in [4.69, 9.17) is 0 Å². The SMILES string of the molecule is COC(=O)CNC(=O)N[C@H](C)c1ccc(OCC(F)(F)F)cc1. The predicted molar refractivity (Wildman–Crippen MR) is 75.0 cm³/mol. The van der Waals surface area contributed by atoms with Gasteiger partial charge >= 0.3 is 18.2 Å². The van der Waals surface area contributed by atoms with Gasteiger partial charge in [-0.1, -0.05) is 12.1 Å². The lowest BCUT2D eigenvalue weighted by Crippen LogP contribution is -2.39. The van der Waals surface area contributed by atoms with Crippen molar-refractivity contribution in [3.8, 4) is 5.75 Å². The van der Waals surface area contributed by atoms with Gasteiger partial charge in [0, 0.05) is 0 Å². The van der Waals surface area contributed by atoms with Gasteiger partial charge in [0.05, 0.1) is 13.2 Å². The van der Waals surface area contributed by atoms with E-state index in [0.29, 0.717) is 5.56 Å². The molecule has 0 radical (unpaired) electrons. The largest absolute Gasteiger partial charge is 0.484 e. The number of nitrogens with one attached hydrogen (secondary N) is 2. The van der Waals surface area contributed by atoms with Gasteiger partial charge in [0.25, 0.3) is 0 Å². The lowest BCUT2D eigenvalue weighted by molar-refractivity contribution is -0.153. The molecule has 23 heavy (non-hydrogen) atoms. The first-order valence-corrected chi connectivity index (χ1v) is 6.62. The van der Waals surface area contributed by atoms with Gasteiger partial charge in [-0.05, 0) is 24.6 Å². The molecule has 0 saturated heterocycles. The lowest BCUT2D eigenvalue weighted by atomic mass is 10.1. The van der Waals surface area contributed by atoms with Crippen molar-refractivity contribution in [3.05, 3.63) is 29.8 Å². The summed E-state index contributed by atoms with van der Waals surface area (Å²) in [6.07, 6.45) is -4.40. The van der Waals surface area contributed by atoms with Crippen LogP contribution in [0.4, 0.5) is 18.0 Å². The number of esters is 1. The number of hydrogen-bond donors (Lipinski definition) is 2. The third kappa shape index (κ3) is 7.39. The summed E-state index contributed by atoms with van der Waals surface area (Å²) in [5.41, 5.74) is 0.664. The molecule has 1 aromatic carbocycles. The van der Waals surface area contributed by atoms with Crippen molar-refractivity contribution in [1.29, 1.82) is 0 Å². The summed E-state index contributed by atoms with van der Waals surface area (Å²) < 4.78 is 45.1. The predicted octanol–water partition coefficient (Wildman–Crippen LogP) is 2.16. The Hall–Kier alpha value is -2.45. The summed E-state index contributed by atoms with van der Waals surface area (Å²) in [4.78, 5) is 22.4. The second kappa shape index (κ2) is 8.25. The molecule has 1 atom stereocenters. The van der Waals surface area contributed by atoms with Crippen LogP contribution in [0.3, 0.4) is 0 Å². The van der Waals surface area contributed by atoms with Crippen molar-refractivity contribution in [1.82, 2.24) is 10.6 Å². The van der Waals surface area contributed by atoms with Gasteiger partial charge in [-0.3, -0.25) is 4.79 Å². The number of halogens is 3. The second-order valence-electron chi connectivity index (χ2n) is 4.60. The van der Waals surface area contributed by atoms with Crippen molar-refractivity contribution in [2.75, 3.05) is 20.3 Å². The molecule has 0 heterocycles. The maximum Gasteiger partial charge on any atom is 0.422 e. The van der Waals surface area contributed by atoms with Crippen LogP contribution in [-0.2, 0) is 9.53 Å². The molecular formula is C14H17F3N2O4. The average molecular weight is 334 g/mol. The highest BCUT2D eigenvalue weighted by Crippen LogP contribution is 2.20. The quantitative estimate of drug-likeness (QED) is 0.782. The summed E-state index contributed by atoms with van der Waals surface area (Å²) in [7, 11) is 1.20. The smallest absolute Gasteiger partial charge is 0.422 e. The number of urea groups is 1. The summed E-state index contributed by atoms with van der Waals surface area (Å²) in [6.45, 7) is 0.0542. The van der Waals surface area contributed by atoms with Gasteiger partial charge in [0.2, 0.25) is 0 Å². The Labute approximate surface area is 130 Å². The molecule has 6 nitrogen and oxygen atoms in total. The van der Waals surface area contributed by atoms with Gasteiger partial charge in [0.15, 0.2) is 6.61 Å². The van der Waals surface area contributed by atoms with Crippen LogP contribution in [0, 0.1) is 0 Å². The van der Waals surface area contributed by atoms with Crippen LogP contribution >= 0.6 is 0 Å². The van der Waals surface area contributed by atoms with E-state index in [-0.39, 0.29) is 12.3 Å². The number of hydrogen-bond acceptors (Lipinski definition) is 4. The van der Waals surface area contributed by atoms with Crippen LogP contribution in [0.1, 0.15) is 18.5 Å². The van der Waals surface area contributed by atoms with Crippen molar-refractivity contribution < 1.29 is 32.2 Å². The summed E-state index contributed by atoms with van der Waals surface area (Å²) >= 11 is 0. The Morgan fingerprint density at radius 1 is 1.22 bits per heavy atom. The third-order valence-electron chi connectivity index (χ3n) is 2.75. The van der Waals surface area contributed by atoms with Crippen LogP contribution in [0.2, 0.25) is 0 Å². The lowest BCUT2D eigenvalue weighted by Gasteiger charge is -2.15. The zero-order valence-electron chi connectivity index (χ0n) is 12.6. The molecule has 2 amide bonds. The van der Waals surface area contributed by atoms with Crippen molar-refractivity contribution in [2.24, 2.45) is 0 Å². The van der Waals surface area contributed by atoms with Crippen molar-refractivity contribution in [2.45, 2.75) is 19.1 Å². The second-order valence-corrected chi connectivity index (χ2v) is 4.60. The molecule has 0 fully saturated rings. The van der Waals surface area contributed by atoms with E-state index in [1.165, 1.54) is 31.4 Å². The molecule has 0 aliphatic carbocycles. The topological polar surface area (TPSA) is 76.7 Å². The number of rotatable bonds is 6. The van der Waals surface area contributed by atoms with Crippen LogP contribution in [0.5, 0.6) is 5.75 Å². The first-order valence-electron chi connectivity index (χ1n) is 6.62. The van der Waals surface area contributed by atoms with Crippen LogP contribution in [-0.4, -0.2) is 38.4 Å². The fourth-order valence-corrected chi connectivity index (χ4v) is 1.57. The molecule has 0 saturated carbocycles. The van der Waals surface area contributed by atoms with E-state index < -0.39 is 30.8 Å². The molecule has 128 valence electrons. The van der Waals surface area contributed by atoms with Crippen LogP contribution < -0.4 is 15.4 Å². The number of alkyl halides is 3. The first kappa shape index (κ1) is 18.6. The maximum absolute atomic E-state index is 12.0. The van der Waals surface area contributed by atoms with Crippen LogP contribution in [0.15, 0.2) is 24.3 Å². The minimum absolute atomic E-state index is 0.0772. The number of carbonyl (C=O) groups excluding carboxylic acids is 2. The van der Waals surface area contributed by atoms with Crippen molar-refractivity contribution in [3.63, 3.8) is 0 Å². The molecule has 0 aromatic heterocycles. The number of amides is 2. The Morgan fingerprint density at radius 3 is 2.35 bits per heavy atom. The molecular weight excluding hydrogens is 317 g/mol. The van der Waals surface area contributed by atoms with Gasteiger partial charge in [-0.25, -0.2) is 4.79 Å². The average Bonchev–Trinajstić information content (AvgIpc) is 2.50. The number of ether oxygens (including phenoxy) is 2. The Bertz CT molecular complexity index is 532. The van der Waals surface area contributed by atoms with Gasteiger partial charge in [0.1, 0.15) is 12.3 Å². The summed E-state index contributed by atoms with van der Waals surface area (Å²) in [5, 5.41) is 4.88. The van der Waals surface area contributed by atoms with Gasteiger partial charge in [-0.15, -0.1) is 0 Å². The molecule has 1 rings (SSSR count). The molecule has 2 N–H and O–H groups in total. The standard InChI is InChI=1S/C14H17F3N2O4/c1-9(19-13(21)18-7-12(20)22-2)10-3-5-11(6-4-10)23-8-14(15,16)17/h3-6,9H,7-8H2,1-2H3,(H2,18,19,21)/t9-/m1/s1. The first-order chi connectivity index (χ1) is 10.7. The summed E-state index contributed by atoms with van der Waals surface area (Å²) in [5.74, 6) is -0.507. The maximum atomic E-state index is 12.0.